The average molecular weight is 313 g/mol. The standard InChI is InChI=1S/C20H40O2/c1-4-7-9-10-11-12-13-14-15-16-18-22-20(21)19(6-3)17-8-5-2/h19H,4-18H2,1-3H3. The van der Waals surface area contributed by atoms with Gasteiger partial charge in [0.2, 0.25) is 0 Å². The van der Waals surface area contributed by atoms with Gasteiger partial charge in [-0.15, -0.1) is 0 Å². The molecule has 0 N–H and O–H groups in total. The molecule has 0 saturated heterocycles. The van der Waals surface area contributed by atoms with Crippen LogP contribution < -0.4 is 0 Å². The molecule has 0 heterocycles. The summed E-state index contributed by atoms with van der Waals surface area (Å²) in [6, 6.07) is 0. The first-order valence-corrected chi connectivity index (χ1v) is 9.92. The molecule has 0 fully saturated rings. The quantitative estimate of drug-likeness (QED) is 0.235. The van der Waals surface area contributed by atoms with E-state index in [4.69, 9.17) is 4.74 Å². The molecular formula is C20H40O2. The van der Waals surface area contributed by atoms with Crippen molar-refractivity contribution in [3.63, 3.8) is 0 Å². The molecule has 2 heteroatoms. The molecule has 0 spiro atoms. The third kappa shape index (κ3) is 13.2. The molecule has 0 aromatic rings. The molecule has 0 amide bonds. The molecule has 0 aliphatic heterocycles. The molecule has 0 aliphatic carbocycles. The molecule has 1 unspecified atom stereocenters. The van der Waals surface area contributed by atoms with E-state index in [2.05, 4.69) is 20.8 Å². The SMILES string of the molecule is CCCCCCCCCCCCOC(=O)C(CC)CCCC. The van der Waals surface area contributed by atoms with E-state index in [1.54, 1.807) is 0 Å². The highest BCUT2D eigenvalue weighted by atomic mass is 16.5. The maximum atomic E-state index is 11.9. The fourth-order valence-electron chi connectivity index (χ4n) is 2.82. The van der Waals surface area contributed by atoms with E-state index in [1.165, 1.54) is 57.8 Å². The fourth-order valence-corrected chi connectivity index (χ4v) is 2.82. The molecule has 0 bridgehead atoms. The average Bonchev–Trinajstić information content (AvgIpc) is 2.53. The summed E-state index contributed by atoms with van der Waals surface area (Å²) >= 11 is 0. The van der Waals surface area contributed by atoms with Crippen molar-refractivity contribution in [3.8, 4) is 0 Å². The maximum absolute atomic E-state index is 11.9. The van der Waals surface area contributed by atoms with Crippen LogP contribution in [0.3, 0.4) is 0 Å². The van der Waals surface area contributed by atoms with Crippen molar-refractivity contribution in [3.05, 3.63) is 0 Å². The molecule has 2 nitrogen and oxygen atoms in total. The molecule has 0 aromatic carbocycles. The topological polar surface area (TPSA) is 26.3 Å². The second-order valence-electron chi connectivity index (χ2n) is 6.60. The largest absolute Gasteiger partial charge is 0.465 e. The summed E-state index contributed by atoms with van der Waals surface area (Å²) in [6.07, 6.45) is 17.4. The first kappa shape index (κ1) is 21.5. The number of carbonyl (C=O) groups is 1. The van der Waals surface area contributed by atoms with Crippen LogP contribution in [-0.2, 0) is 9.53 Å². The van der Waals surface area contributed by atoms with Crippen LogP contribution in [-0.4, -0.2) is 12.6 Å². The zero-order valence-corrected chi connectivity index (χ0v) is 15.5. The van der Waals surface area contributed by atoms with Gasteiger partial charge in [0.05, 0.1) is 12.5 Å². The van der Waals surface area contributed by atoms with E-state index in [9.17, 15) is 4.79 Å². The summed E-state index contributed by atoms with van der Waals surface area (Å²) in [5.74, 6) is 0.162. The monoisotopic (exact) mass is 312 g/mol. The van der Waals surface area contributed by atoms with Gasteiger partial charge in [-0.1, -0.05) is 91.4 Å². The summed E-state index contributed by atoms with van der Waals surface area (Å²) in [7, 11) is 0. The summed E-state index contributed by atoms with van der Waals surface area (Å²) in [6.45, 7) is 7.14. The maximum Gasteiger partial charge on any atom is 0.308 e. The van der Waals surface area contributed by atoms with Gasteiger partial charge in [-0.2, -0.15) is 0 Å². The van der Waals surface area contributed by atoms with E-state index >= 15 is 0 Å². The van der Waals surface area contributed by atoms with Crippen molar-refractivity contribution >= 4 is 5.97 Å². The Morgan fingerprint density at radius 3 is 1.73 bits per heavy atom. The van der Waals surface area contributed by atoms with Gasteiger partial charge in [-0.25, -0.2) is 0 Å². The number of hydrogen-bond acceptors (Lipinski definition) is 2. The lowest BCUT2D eigenvalue weighted by Gasteiger charge is -2.13. The molecule has 0 aromatic heterocycles. The van der Waals surface area contributed by atoms with Crippen molar-refractivity contribution in [2.45, 2.75) is 111 Å². The highest BCUT2D eigenvalue weighted by Gasteiger charge is 2.16. The van der Waals surface area contributed by atoms with Gasteiger partial charge in [0.25, 0.3) is 0 Å². The Hall–Kier alpha value is -0.530. The van der Waals surface area contributed by atoms with E-state index in [-0.39, 0.29) is 11.9 Å². The van der Waals surface area contributed by atoms with Gasteiger partial charge in [0.15, 0.2) is 0 Å². The van der Waals surface area contributed by atoms with Gasteiger partial charge in [0, 0.05) is 0 Å². The van der Waals surface area contributed by atoms with E-state index in [0.29, 0.717) is 6.61 Å². The van der Waals surface area contributed by atoms with E-state index in [0.717, 1.165) is 32.1 Å². The van der Waals surface area contributed by atoms with Crippen LogP contribution in [0.15, 0.2) is 0 Å². The van der Waals surface area contributed by atoms with Gasteiger partial charge in [-0.3, -0.25) is 4.79 Å². The summed E-state index contributed by atoms with van der Waals surface area (Å²) in [5.41, 5.74) is 0. The van der Waals surface area contributed by atoms with Crippen molar-refractivity contribution in [2.24, 2.45) is 5.92 Å². The molecule has 0 radical (unpaired) electrons. The van der Waals surface area contributed by atoms with Crippen LogP contribution in [0.5, 0.6) is 0 Å². The summed E-state index contributed by atoms with van der Waals surface area (Å²) in [4.78, 5) is 11.9. The minimum Gasteiger partial charge on any atom is -0.465 e. The first-order valence-electron chi connectivity index (χ1n) is 9.92. The van der Waals surface area contributed by atoms with Crippen molar-refractivity contribution in [1.82, 2.24) is 0 Å². The Balaban J connectivity index is 3.35. The van der Waals surface area contributed by atoms with Gasteiger partial charge >= 0.3 is 5.97 Å². The van der Waals surface area contributed by atoms with Crippen LogP contribution in [0.4, 0.5) is 0 Å². The van der Waals surface area contributed by atoms with Crippen LogP contribution >= 0.6 is 0 Å². The zero-order valence-electron chi connectivity index (χ0n) is 15.5. The van der Waals surface area contributed by atoms with Gasteiger partial charge < -0.3 is 4.74 Å². The Labute approximate surface area is 139 Å². The molecule has 22 heavy (non-hydrogen) atoms. The molecule has 132 valence electrons. The molecule has 0 aliphatic rings. The Morgan fingerprint density at radius 2 is 1.23 bits per heavy atom. The zero-order chi connectivity index (χ0) is 16.5. The van der Waals surface area contributed by atoms with Crippen LogP contribution in [0.25, 0.3) is 0 Å². The van der Waals surface area contributed by atoms with Gasteiger partial charge in [-0.05, 0) is 19.3 Å². The number of hydrogen-bond donors (Lipinski definition) is 0. The summed E-state index contributed by atoms with van der Waals surface area (Å²) < 4.78 is 5.43. The van der Waals surface area contributed by atoms with Crippen LogP contribution in [0, 0.1) is 5.92 Å². The van der Waals surface area contributed by atoms with Crippen LogP contribution in [0.2, 0.25) is 0 Å². The number of carbonyl (C=O) groups excluding carboxylic acids is 1. The highest BCUT2D eigenvalue weighted by molar-refractivity contribution is 5.72. The van der Waals surface area contributed by atoms with Crippen LogP contribution in [0.1, 0.15) is 111 Å². The number of unbranched alkanes of at least 4 members (excludes halogenated alkanes) is 10. The van der Waals surface area contributed by atoms with E-state index in [1.807, 2.05) is 0 Å². The molecule has 0 rings (SSSR count). The normalized spacial score (nSPS) is 12.3. The predicted molar refractivity (Wildman–Crippen MR) is 96.1 cm³/mol. The van der Waals surface area contributed by atoms with Crippen molar-refractivity contribution in [1.29, 1.82) is 0 Å². The Kier molecular flexibility index (Phi) is 16.4. The van der Waals surface area contributed by atoms with Gasteiger partial charge in [0.1, 0.15) is 0 Å². The minimum absolute atomic E-state index is 0.0341. The number of rotatable bonds is 16. The Bertz CT molecular complexity index is 238. The van der Waals surface area contributed by atoms with E-state index < -0.39 is 0 Å². The third-order valence-corrected chi connectivity index (χ3v) is 4.47. The summed E-state index contributed by atoms with van der Waals surface area (Å²) in [5, 5.41) is 0. The molecule has 0 saturated carbocycles. The minimum atomic E-state index is 0.0341. The second-order valence-corrected chi connectivity index (χ2v) is 6.60. The molecular weight excluding hydrogens is 272 g/mol. The lowest BCUT2D eigenvalue weighted by atomic mass is 10.00. The second kappa shape index (κ2) is 16.8. The number of ether oxygens (including phenoxy) is 1. The first-order chi connectivity index (χ1) is 10.8. The third-order valence-electron chi connectivity index (χ3n) is 4.47. The predicted octanol–water partition coefficient (Wildman–Crippen LogP) is 6.67. The lowest BCUT2D eigenvalue weighted by molar-refractivity contribution is -0.149. The molecule has 1 atom stereocenters. The highest BCUT2D eigenvalue weighted by Crippen LogP contribution is 2.15. The smallest absolute Gasteiger partial charge is 0.308 e. The van der Waals surface area contributed by atoms with Crippen molar-refractivity contribution in [2.75, 3.05) is 6.61 Å². The number of esters is 1. The van der Waals surface area contributed by atoms with Crippen molar-refractivity contribution < 1.29 is 9.53 Å². The fraction of sp³-hybridized carbons (Fsp3) is 0.950. The lowest BCUT2D eigenvalue weighted by Crippen LogP contribution is -2.17. The Morgan fingerprint density at radius 1 is 0.727 bits per heavy atom.